The quantitative estimate of drug-likeness (QED) is 0.347. The van der Waals surface area contributed by atoms with Crippen LogP contribution in [0.2, 0.25) is 0 Å². The van der Waals surface area contributed by atoms with Gasteiger partial charge < -0.3 is 9.07 Å². The van der Waals surface area contributed by atoms with Gasteiger partial charge in [-0.3, -0.25) is 0 Å². The van der Waals surface area contributed by atoms with Crippen LogP contribution >= 0.6 is 43.0 Å². The minimum Gasteiger partial charge on any atom is -0.334 e. The summed E-state index contributed by atoms with van der Waals surface area (Å²) in [6.07, 6.45) is 9.53. The first-order valence-electron chi connectivity index (χ1n) is 6.11. The van der Waals surface area contributed by atoms with Gasteiger partial charge in [-0.1, -0.05) is 47.6 Å². The molecule has 88 valence electrons. The van der Waals surface area contributed by atoms with E-state index < -0.39 is 19.3 Å². The molecule has 0 aliphatic heterocycles. The Morgan fingerprint density at radius 3 is 2.62 bits per heavy atom. The molecule has 0 aromatic carbocycles. The van der Waals surface area contributed by atoms with Crippen molar-refractivity contribution in [3.8, 4) is 0 Å². The zero-order valence-corrected chi connectivity index (χ0v) is 15.0. The minimum absolute atomic E-state index is 0.478. The van der Waals surface area contributed by atoms with E-state index in [-0.39, 0.29) is 0 Å². The van der Waals surface area contributed by atoms with Crippen molar-refractivity contribution in [2.75, 3.05) is 0 Å². The summed E-state index contributed by atoms with van der Waals surface area (Å²) in [5, 5.41) is 0. The summed E-state index contributed by atoms with van der Waals surface area (Å²) in [4.78, 5) is 0. The fraction of sp³-hybridized carbons (Fsp3) is 0.667. The fourth-order valence-corrected chi connectivity index (χ4v) is 6.78. The predicted molar refractivity (Wildman–Crippen MR) is 85.4 cm³/mol. The van der Waals surface area contributed by atoms with Gasteiger partial charge in [0.1, 0.15) is 0 Å². The van der Waals surface area contributed by atoms with E-state index in [4.69, 9.17) is 9.07 Å². The van der Waals surface area contributed by atoms with Crippen molar-refractivity contribution < 1.29 is 0 Å². The van der Waals surface area contributed by atoms with Gasteiger partial charge in [0.05, 0.1) is 2.88 Å². The van der Waals surface area contributed by atoms with Crippen LogP contribution in [0.25, 0.3) is 0 Å². The highest BCUT2D eigenvalue weighted by Crippen LogP contribution is 2.17. The van der Waals surface area contributed by atoms with Crippen LogP contribution in [-0.4, -0.2) is 19.3 Å². The SMILES string of the molecule is CCCCCCCCc1cc(I)s[c]1[Mg][Cl]. The maximum Gasteiger partial charge on any atom is 0.551 e. The van der Waals surface area contributed by atoms with E-state index in [2.05, 4.69) is 35.6 Å². The van der Waals surface area contributed by atoms with Gasteiger partial charge in [-0.05, 0) is 41.5 Å². The molecule has 0 aliphatic rings. The molecular weight excluding hydrogens is 363 g/mol. The van der Waals surface area contributed by atoms with Crippen LogP contribution in [0.1, 0.15) is 51.0 Å². The number of thiophene rings is 1. The first-order chi connectivity index (χ1) is 7.77. The Labute approximate surface area is 130 Å². The molecule has 1 heterocycles. The van der Waals surface area contributed by atoms with Gasteiger partial charge in [-0.25, -0.2) is 0 Å². The lowest BCUT2D eigenvalue weighted by molar-refractivity contribution is 0.608. The molecule has 0 unspecified atom stereocenters. The van der Waals surface area contributed by atoms with Crippen molar-refractivity contribution >= 4 is 65.3 Å². The number of hydrogen-bond acceptors (Lipinski definition) is 1. The summed E-state index contributed by atoms with van der Waals surface area (Å²) in [6, 6.07) is 2.34. The van der Waals surface area contributed by atoms with Gasteiger partial charge in [0.2, 0.25) is 0 Å². The van der Waals surface area contributed by atoms with E-state index in [1.165, 1.54) is 50.8 Å². The standard InChI is InChI=1S/C12H18IS.ClH.Mg/c1-2-3-4-5-6-7-8-11-9-12(13)14-10-11;;/h9H,2-8H2,1H3;1H;/q;;+1/p-1. The Kier molecular flexibility index (Phi) is 9.15. The molecular formula is C12H18ClIMgS. The van der Waals surface area contributed by atoms with Gasteiger partial charge in [0.25, 0.3) is 0 Å². The Morgan fingerprint density at radius 2 is 1.94 bits per heavy atom. The van der Waals surface area contributed by atoms with E-state index in [0.29, 0.717) is 0 Å². The molecule has 0 aliphatic carbocycles. The molecule has 0 saturated carbocycles. The number of unbranched alkanes of at least 4 members (excludes halogenated alkanes) is 5. The second-order valence-corrected chi connectivity index (χ2v) is 9.47. The molecule has 0 fully saturated rings. The van der Waals surface area contributed by atoms with Crippen molar-refractivity contribution in [2.45, 2.75) is 51.9 Å². The highest BCUT2D eigenvalue weighted by Gasteiger charge is 2.08. The molecule has 0 bridgehead atoms. The molecule has 0 N–H and O–H groups in total. The lowest BCUT2D eigenvalue weighted by Gasteiger charge is -2.02. The summed E-state index contributed by atoms with van der Waals surface area (Å²) in [5.74, 6) is 0. The third-order valence-corrected chi connectivity index (χ3v) is 7.42. The van der Waals surface area contributed by atoms with Crippen LogP contribution in [0.15, 0.2) is 6.07 Å². The van der Waals surface area contributed by atoms with Crippen molar-refractivity contribution in [1.29, 1.82) is 0 Å². The second kappa shape index (κ2) is 9.42. The van der Waals surface area contributed by atoms with Crippen LogP contribution in [0, 0.1) is 2.88 Å². The number of hydrogen-bond donors (Lipinski definition) is 0. The van der Waals surface area contributed by atoms with Crippen molar-refractivity contribution in [3.05, 3.63) is 14.5 Å². The molecule has 0 amide bonds. The van der Waals surface area contributed by atoms with Crippen molar-refractivity contribution in [2.24, 2.45) is 0 Å². The fourth-order valence-electron chi connectivity index (χ4n) is 1.85. The summed E-state index contributed by atoms with van der Waals surface area (Å²) in [6.45, 7) is 2.27. The van der Waals surface area contributed by atoms with Crippen LogP contribution in [0.3, 0.4) is 0 Å². The van der Waals surface area contributed by atoms with E-state index >= 15 is 0 Å². The molecule has 0 saturated heterocycles. The van der Waals surface area contributed by atoms with Gasteiger partial charge in [0.15, 0.2) is 0 Å². The number of rotatable bonds is 8. The maximum atomic E-state index is 6.07. The Morgan fingerprint density at radius 1 is 1.25 bits per heavy atom. The number of aryl methyl sites for hydroxylation is 1. The van der Waals surface area contributed by atoms with Crippen LogP contribution in [0.4, 0.5) is 0 Å². The zero-order valence-electron chi connectivity index (χ0n) is 9.90. The van der Waals surface area contributed by atoms with Gasteiger partial charge in [0, 0.05) is 0 Å². The predicted octanol–water partition coefficient (Wildman–Crippen LogP) is 4.74. The normalized spacial score (nSPS) is 10.4. The average Bonchev–Trinajstić information content (AvgIpc) is 2.64. The van der Waals surface area contributed by atoms with Crippen molar-refractivity contribution in [1.82, 2.24) is 0 Å². The largest absolute Gasteiger partial charge is 0.551 e. The van der Waals surface area contributed by atoms with E-state index in [1.807, 2.05) is 11.3 Å². The third-order valence-electron chi connectivity index (χ3n) is 2.79. The molecule has 0 spiro atoms. The van der Waals surface area contributed by atoms with E-state index in [0.717, 1.165) is 0 Å². The molecule has 0 nitrogen and oxygen atoms in total. The summed E-state index contributed by atoms with van der Waals surface area (Å²) in [5.41, 5.74) is 1.55. The first-order valence-corrected chi connectivity index (χ1v) is 10.8. The van der Waals surface area contributed by atoms with E-state index in [1.54, 1.807) is 5.56 Å². The van der Waals surface area contributed by atoms with Gasteiger partial charge in [-0.2, -0.15) is 11.3 Å². The molecule has 0 radical (unpaired) electrons. The Hall–Kier alpha value is 1.49. The lowest BCUT2D eigenvalue weighted by atomic mass is 10.1. The topological polar surface area (TPSA) is 0 Å². The average molecular weight is 381 g/mol. The van der Waals surface area contributed by atoms with Gasteiger partial charge >= 0.3 is 19.3 Å². The summed E-state index contributed by atoms with van der Waals surface area (Å²) in [7, 11) is 6.07. The first kappa shape index (κ1) is 15.5. The molecule has 4 heteroatoms. The summed E-state index contributed by atoms with van der Waals surface area (Å²) < 4.78 is 2.92. The Balaban J connectivity index is 2.21. The van der Waals surface area contributed by atoms with Crippen molar-refractivity contribution in [3.63, 3.8) is 0 Å². The van der Waals surface area contributed by atoms with Crippen LogP contribution < -0.4 is 3.01 Å². The molecule has 16 heavy (non-hydrogen) atoms. The number of halogens is 2. The molecule has 1 aromatic heterocycles. The van der Waals surface area contributed by atoms with Gasteiger partial charge in [-0.15, -0.1) is 0 Å². The van der Waals surface area contributed by atoms with Crippen LogP contribution in [0.5, 0.6) is 0 Å². The second-order valence-electron chi connectivity index (χ2n) is 4.15. The highest BCUT2D eigenvalue weighted by molar-refractivity contribution is 14.1. The smallest absolute Gasteiger partial charge is 0.334 e. The zero-order chi connectivity index (χ0) is 11.8. The van der Waals surface area contributed by atoms with E-state index in [9.17, 15) is 0 Å². The lowest BCUT2D eigenvalue weighted by Crippen LogP contribution is -2.08. The third kappa shape index (κ3) is 5.89. The molecule has 0 atom stereocenters. The Bertz CT molecular complexity index is 301. The molecule has 1 rings (SSSR count). The summed E-state index contributed by atoms with van der Waals surface area (Å²) >= 11 is 3.84. The minimum atomic E-state index is -0.478. The van der Waals surface area contributed by atoms with Crippen LogP contribution in [-0.2, 0) is 6.42 Å². The maximum absolute atomic E-state index is 6.07. The molecule has 1 aromatic rings. The highest BCUT2D eigenvalue weighted by atomic mass is 127. The monoisotopic (exact) mass is 380 g/mol.